The molecule has 0 bridgehead atoms. The van der Waals surface area contributed by atoms with Crippen molar-refractivity contribution in [3.63, 3.8) is 0 Å². The van der Waals surface area contributed by atoms with Crippen LogP contribution in [0, 0.1) is 0 Å². The molecule has 0 atom stereocenters. The van der Waals surface area contributed by atoms with Crippen molar-refractivity contribution in [1.29, 1.82) is 0 Å². The van der Waals surface area contributed by atoms with Gasteiger partial charge in [-0.05, 0) is 12.1 Å². The van der Waals surface area contributed by atoms with Crippen molar-refractivity contribution in [2.45, 2.75) is 0 Å². The molecule has 0 saturated heterocycles. The van der Waals surface area contributed by atoms with Crippen LogP contribution >= 0.6 is 0 Å². The molecule has 0 aliphatic heterocycles. The molecule has 1 aromatic carbocycles. The predicted octanol–water partition coefficient (Wildman–Crippen LogP) is 1.76. The second-order valence-corrected chi connectivity index (χ2v) is 3.82. The van der Waals surface area contributed by atoms with Gasteiger partial charge in [0.05, 0.1) is 17.2 Å². The molecule has 0 amide bonds. The standard InChI is InChI=1S/C12H12N6/c1-18(15-8-11-13-6-7-14-11)12-16-9-4-2-3-5-10(9)17-12/h2-8H,1H3,(H,13,14)(H,16,17)/b15-8+. The molecule has 2 aromatic heterocycles. The molecule has 0 unspecified atom stereocenters. The molecule has 0 fully saturated rings. The maximum Gasteiger partial charge on any atom is 0.224 e. The highest BCUT2D eigenvalue weighted by molar-refractivity contribution is 5.78. The van der Waals surface area contributed by atoms with Crippen LogP contribution in [0.15, 0.2) is 41.8 Å². The van der Waals surface area contributed by atoms with Gasteiger partial charge in [0.25, 0.3) is 0 Å². The number of para-hydroxylation sites is 2. The van der Waals surface area contributed by atoms with Crippen LogP contribution in [0.2, 0.25) is 0 Å². The lowest BCUT2D eigenvalue weighted by atomic mass is 10.3. The Kier molecular flexibility index (Phi) is 2.53. The zero-order valence-corrected chi connectivity index (χ0v) is 9.83. The third-order valence-corrected chi connectivity index (χ3v) is 2.56. The van der Waals surface area contributed by atoms with Gasteiger partial charge >= 0.3 is 0 Å². The quantitative estimate of drug-likeness (QED) is 0.541. The number of H-pyrrole nitrogens is 2. The summed E-state index contributed by atoms with van der Waals surface area (Å²) in [4.78, 5) is 14.6. The first kappa shape index (κ1) is 10.5. The first-order valence-corrected chi connectivity index (χ1v) is 5.55. The van der Waals surface area contributed by atoms with E-state index in [0.29, 0.717) is 11.8 Å². The highest BCUT2D eigenvalue weighted by Gasteiger charge is 2.05. The van der Waals surface area contributed by atoms with E-state index in [4.69, 9.17) is 0 Å². The largest absolute Gasteiger partial charge is 0.344 e. The summed E-state index contributed by atoms with van der Waals surface area (Å²) in [5, 5.41) is 5.92. The number of hydrazone groups is 1. The smallest absolute Gasteiger partial charge is 0.224 e. The number of nitrogens with zero attached hydrogens (tertiary/aromatic N) is 4. The summed E-state index contributed by atoms with van der Waals surface area (Å²) in [7, 11) is 1.83. The molecule has 2 heterocycles. The number of rotatable bonds is 3. The van der Waals surface area contributed by atoms with Crippen molar-refractivity contribution in [2.24, 2.45) is 5.10 Å². The number of imidazole rings is 2. The number of benzene rings is 1. The van der Waals surface area contributed by atoms with E-state index in [1.807, 2.05) is 31.3 Å². The van der Waals surface area contributed by atoms with E-state index in [0.717, 1.165) is 11.0 Å². The van der Waals surface area contributed by atoms with Crippen molar-refractivity contribution in [3.05, 3.63) is 42.5 Å². The van der Waals surface area contributed by atoms with Crippen LogP contribution in [0.3, 0.4) is 0 Å². The van der Waals surface area contributed by atoms with Crippen molar-refractivity contribution in [2.75, 3.05) is 12.1 Å². The Morgan fingerprint density at radius 2 is 2.22 bits per heavy atom. The summed E-state index contributed by atoms with van der Waals surface area (Å²) < 4.78 is 0. The van der Waals surface area contributed by atoms with Crippen LogP contribution in [0.4, 0.5) is 5.95 Å². The van der Waals surface area contributed by atoms with Gasteiger partial charge in [-0.3, -0.25) is 0 Å². The Morgan fingerprint density at radius 1 is 1.33 bits per heavy atom. The van der Waals surface area contributed by atoms with E-state index in [-0.39, 0.29) is 0 Å². The van der Waals surface area contributed by atoms with Gasteiger partial charge in [0.2, 0.25) is 5.95 Å². The summed E-state index contributed by atoms with van der Waals surface area (Å²) >= 11 is 0. The molecule has 0 aliphatic carbocycles. The van der Waals surface area contributed by atoms with Crippen molar-refractivity contribution < 1.29 is 0 Å². The molecule has 90 valence electrons. The number of anilines is 1. The lowest BCUT2D eigenvalue weighted by Gasteiger charge is -2.06. The maximum absolute atomic E-state index is 4.44. The Hall–Kier alpha value is -2.63. The minimum absolute atomic E-state index is 0.694. The molecule has 0 spiro atoms. The molecule has 0 aliphatic rings. The van der Waals surface area contributed by atoms with E-state index in [2.05, 4.69) is 25.0 Å². The maximum atomic E-state index is 4.44. The lowest BCUT2D eigenvalue weighted by Crippen LogP contribution is -2.10. The molecular weight excluding hydrogens is 228 g/mol. The molecule has 3 aromatic rings. The number of hydrogen-bond acceptors (Lipinski definition) is 4. The van der Waals surface area contributed by atoms with Gasteiger partial charge in [-0.2, -0.15) is 5.10 Å². The summed E-state index contributed by atoms with van der Waals surface area (Å²) in [6, 6.07) is 7.87. The van der Waals surface area contributed by atoms with Gasteiger partial charge in [0, 0.05) is 19.4 Å². The minimum atomic E-state index is 0.694. The fourth-order valence-electron chi connectivity index (χ4n) is 1.64. The molecule has 3 rings (SSSR count). The Bertz CT molecular complexity index is 634. The zero-order chi connectivity index (χ0) is 12.4. The Morgan fingerprint density at radius 3 is 3.00 bits per heavy atom. The monoisotopic (exact) mass is 240 g/mol. The molecule has 0 saturated carbocycles. The van der Waals surface area contributed by atoms with Crippen molar-refractivity contribution in [1.82, 2.24) is 19.9 Å². The lowest BCUT2D eigenvalue weighted by molar-refractivity contribution is 0.962. The second-order valence-electron chi connectivity index (χ2n) is 3.82. The van der Waals surface area contributed by atoms with E-state index in [1.54, 1.807) is 23.6 Å². The average Bonchev–Trinajstić information content (AvgIpc) is 3.04. The van der Waals surface area contributed by atoms with Crippen LogP contribution in [0.1, 0.15) is 5.82 Å². The van der Waals surface area contributed by atoms with Crippen LogP contribution in [-0.2, 0) is 0 Å². The Balaban J connectivity index is 1.85. The number of hydrogen-bond donors (Lipinski definition) is 2. The fourth-order valence-corrected chi connectivity index (χ4v) is 1.64. The van der Waals surface area contributed by atoms with Gasteiger partial charge < -0.3 is 9.97 Å². The van der Waals surface area contributed by atoms with E-state index in [9.17, 15) is 0 Å². The zero-order valence-electron chi connectivity index (χ0n) is 9.83. The van der Waals surface area contributed by atoms with Crippen molar-refractivity contribution >= 4 is 23.2 Å². The second kappa shape index (κ2) is 4.33. The average molecular weight is 240 g/mol. The molecule has 18 heavy (non-hydrogen) atoms. The van der Waals surface area contributed by atoms with E-state index in [1.165, 1.54) is 0 Å². The first-order valence-electron chi connectivity index (χ1n) is 5.55. The Labute approximate surface area is 103 Å². The number of aromatic nitrogens is 4. The first-order chi connectivity index (χ1) is 8.83. The highest BCUT2D eigenvalue weighted by Crippen LogP contribution is 2.15. The van der Waals surface area contributed by atoms with Gasteiger partial charge in [-0.15, -0.1) is 0 Å². The predicted molar refractivity (Wildman–Crippen MR) is 70.7 cm³/mol. The van der Waals surface area contributed by atoms with Gasteiger partial charge in [-0.25, -0.2) is 15.0 Å². The van der Waals surface area contributed by atoms with E-state index < -0.39 is 0 Å². The van der Waals surface area contributed by atoms with Crippen LogP contribution in [0.25, 0.3) is 11.0 Å². The van der Waals surface area contributed by atoms with Crippen LogP contribution in [0.5, 0.6) is 0 Å². The van der Waals surface area contributed by atoms with Crippen LogP contribution in [-0.4, -0.2) is 33.2 Å². The topological polar surface area (TPSA) is 73.0 Å². The number of fused-ring (bicyclic) bond motifs is 1. The number of nitrogens with one attached hydrogen (secondary N) is 2. The molecule has 0 radical (unpaired) electrons. The number of aromatic amines is 2. The minimum Gasteiger partial charge on any atom is -0.344 e. The normalized spacial score (nSPS) is 11.4. The SMILES string of the molecule is CN(/N=C/c1ncc[nH]1)c1nc2ccccc2[nH]1. The molecule has 2 N–H and O–H groups in total. The summed E-state index contributed by atoms with van der Waals surface area (Å²) in [5.74, 6) is 1.40. The summed E-state index contributed by atoms with van der Waals surface area (Å²) in [6.45, 7) is 0. The molecular formula is C12H12N6. The van der Waals surface area contributed by atoms with Gasteiger partial charge in [0.15, 0.2) is 0 Å². The highest BCUT2D eigenvalue weighted by atomic mass is 15.5. The fraction of sp³-hybridized carbons (Fsp3) is 0.0833. The third-order valence-electron chi connectivity index (χ3n) is 2.56. The van der Waals surface area contributed by atoms with Gasteiger partial charge in [-0.1, -0.05) is 12.1 Å². The summed E-state index contributed by atoms with van der Waals surface area (Å²) in [6.07, 6.45) is 5.08. The molecule has 6 nitrogen and oxygen atoms in total. The summed E-state index contributed by atoms with van der Waals surface area (Å²) in [5.41, 5.74) is 1.92. The van der Waals surface area contributed by atoms with Crippen molar-refractivity contribution in [3.8, 4) is 0 Å². The third kappa shape index (κ3) is 1.95. The van der Waals surface area contributed by atoms with Crippen LogP contribution < -0.4 is 5.01 Å². The van der Waals surface area contributed by atoms with E-state index >= 15 is 0 Å². The van der Waals surface area contributed by atoms with Gasteiger partial charge in [0.1, 0.15) is 5.82 Å². The molecule has 6 heteroatoms.